The van der Waals surface area contributed by atoms with Crippen LogP contribution in [-0.4, -0.2) is 19.0 Å². The second-order valence-corrected chi connectivity index (χ2v) is 5.29. The lowest BCUT2D eigenvalue weighted by atomic mass is 10.2. The zero-order valence-corrected chi connectivity index (χ0v) is 14.2. The van der Waals surface area contributed by atoms with Gasteiger partial charge in [-0.05, 0) is 29.8 Å². The van der Waals surface area contributed by atoms with Gasteiger partial charge in [0.25, 0.3) is 0 Å². The van der Waals surface area contributed by atoms with E-state index in [1.165, 1.54) is 5.56 Å². The van der Waals surface area contributed by atoms with Gasteiger partial charge in [0.2, 0.25) is 0 Å². The number of quaternary nitrogens is 1. The molecule has 2 rings (SSSR count). The lowest BCUT2D eigenvalue weighted by Crippen LogP contribution is -2.72. The number of hydrogen-bond donors (Lipinski definition) is 2. The number of nitrogens with two attached hydrogens (primary N) is 1. The number of nitrogens with one attached hydrogen (secondary N) is 1. The van der Waals surface area contributed by atoms with E-state index in [1.54, 1.807) is 0 Å². The fourth-order valence-electron chi connectivity index (χ4n) is 1.93. The van der Waals surface area contributed by atoms with E-state index < -0.39 is 0 Å². The number of nitrogens with zero attached hydrogens (tertiary/aromatic N) is 3. The van der Waals surface area contributed by atoms with Crippen LogP contribution >= 0.6 is 0 Å². The maximum atomic E-state index is 4.21. The van der Waals surface area contributed by atoms with Gasteiger partial charge in [-0.25, -0.2) is 0 Å². The molecule has 0 saturated heterocycles. The van der Waals surface area contributed by atoms with Crippen molar-refractivity contribution in [2.75, 3.05) is 19.4 Å². The minimum absolute atomic E-state index is 0.583. The highest BCUT2D eigenvalue weighted by Crippen LogP contribution is 2.18. The first kappa shape index (κ1) is 17.4. The molecule has 2 aromatic rings. The molecule has 0 bridgehead atoms. The Kier molecular flexibility index (Phi) is 6.73. The molecule has 5 nitrogen and oxygen atoms in total. The molecule has 0 radical (unpaired) electrons. The summed E-state index contributed by atoms with van der Waals surface area (Å²) in [5.74, 6) is 0.583. The van der Waals surface area contributed by atoms with Crippen LogP contribution in [0.3, 0.4) is 0 Å². The molecule has 0 saturated carbocycles. The summed E-state index contributed by atoms with van der Waals surface area (Å²) in [7, 11) is 3.85. The zero-order valence-electron chi connectivity index (χ0n) is 14.2. The summed E-state index contributed by atoms with van der Waals surface area (Å²) in [4.78, 5) is 1.82. The second-order valence-electron chi connectivity index (χ2n) is 5.29. The molecule has 0 amide bonds. The molecule has 0 fully saturated rings. The standard InChI is InChI=1S/C19H23N5/c1-16(24(3)14-13-20-2)22-23-19-11-9-18(10-12-19)21-15-17-7-5-4-6-8-17/h4-14,20-21H,1,15H2,2-3H3/p+1/b14-13-,23-22?. The van der Waals surface area contributed by atoms with Gasteiger partial charge >= 0.3 is 0 Å². The summed E-state index contributed by atoms with van der Waals surface area (Å²) < 4.78 is 0. The van der Waals surface area contributed by atoms with Gasteiger partial charge in [0.05, 0.1) is 18.9 Å². The molecule has 0 aromatic heterocycles. The van der Waals surface area contributed by atoms with Gasteiger partial charge in [0, 0.05) is 19.3 Å². The summed E-state index contributed by atoms with van der Waals surface area (Å²) in [6, 6.07) is 18.1. The molecule has 0 atom stereocenters. The topological polar surface area (TPSA) is 56.6 Å². The Bertz CT molecular complexity index is 689. The Morgan fingerprint density at radius 3 is 2.54 bits per heavy atom. The van der Waals surface area contributed by atoms with E-state index in [-0.39, 0.29) is 0 Å². The van der Waals surface area contributed by atoms with E-state index in [2.05, 4.69) is 34.3 Å². The van der Waals surface area contributed by atoms with Crippen LogP contribution in [0.25, 0.3) is 0 Å². The summed E-state index contributed by atoms with van der Waals surface area (Å²) in [5, 5.41) is 13.7. The molecule has 24 heavy (non-hydrogen) atoms. The first-order valence-electron chi connectivity index (χ1n) is 7.86. The van der Waals surface area contributed by atoms with Crippen LogP contribution in [0.5, 0.6) is 0 Å². The molecule has 0 aliphatic heterocycles. The largest absolute Gasteiger partial charge is 0.381 e. The molecule has 0 aliphatic carbocycles. The lowest BCUT2D eigenvalue weighted by molar-refractivity contribution is -0.557. The molecule has 3 N–H and O–H groups in total. The Labute approximate surface area is 143 Å². The first-order valence-corrected chi connectivity index (χ1v) is 7.86. The third kappa shape index (κ3) is 5.70. The number of anilines is 1. The van der Waals surface area contributed by atoms with Crippen molar-refractivity contribution >= 4 is 11.4 Å². The Morgan fingerprint density at radius 1 is 1.17 bits per heavy atom. The Morgan fingerprint density at radius 2 is 1.88 bits per heavy atom. The SMILES string of the molecule is C=C(N=Nc1ccc(NCc2ccccc2)cc1)N(C)/C=C\[NH2+]C. The van der Waals surface area contributed by atoms with Crippen LogP contribution in [0.1, 0.15) is 5.56 Å². The highest BCUT2D eigenvalue weighted by atomic mass is 15.3. The zero-order chi connectivity index (χ0) is 17.2. The van der Waals surface area contributed by atoms with E-state index in [9.17, 15) is 0 Å². The Hall–Kier alpha value is -2.92. The van der Waals surface area contributed by atoms with Crippen molar-refractivity contribution in [3.8, 4) is 0 Å². The van der Waals surface area contributed by atoms with Crippen molar-refractivity contribution in [1.82, 2.24) is 4.90 Å². The second kappa shape index (κ2) is 9.27. The molecule has 0 heterocycles. The minimum atomic E-state index is 0.583. The molecular formula is C19H24N5+. The lowest BCUT2D eigenvalue weighted by Gasteiger charge is -2.10. The van der Waals surface area contributed by atoms with Crippen molar-refractivity contribution in [2.45, 2.75) is 6.54 Å². The fourth-order valence-corrected chi connectivity index (χ4v) is 1.93. The van der Waals surface area contributed by atoms with E-state index in [0.29, 0.717) is 5.82 Å². The van der Waals surface area contributed by atoms with Gasteiger partial charge in [-0.1, -0.05) is 36.9 Å². The van der Waals surface area contributed by atoms with Gasteiger partial charge in [0.1, 0.15) is 12.0 Å². The van der Waals surface area contributed by atoms with Gasteiger partial charge in [0.15, 0.2) is 0 Å². The van der Waals surface area contributed by atoms with Crippen molar-refractivity contribution in [3.63, 3.8) is 0 Å². The Balaban J connectivity index is 1.88. The van der Waals surface area contributed by atoms with Crippen molar-refractivity contribution in [2.24, 2.45) is 10.2 Å². The molecule has 0 unspecified atom stereocenters. The maximum Gasteiger partial charge on any atom is 0.147 e. The molecule has 124 valence electrons. The predicted octanol–water partition coefficient (Wildman–Crippen LogP) is 3.45. The third-order valence-corrected chi connectivity index (χ3v) is 3.40. The third-order valence-electron chi connectivity index (χ3n) is 3.40. The van der Waals surface area contributed by atoms with Crippen LogP contribution in [0.4, 0.5) is 11.4 Å². The van der Waals surface area contributed by atoms with Crippen LogP contribution < -0.4 is 10.6 Å². The quantitative estimate of drug-likeness (QED) is 0.731. The monoisotopic (exact) mass is 322 g/mol. The number of hydrogen-bond acceptors (Lipinski definition) is 4. The van der Waals surface area contributed by atoms with Crippen LogP contribution in [0.15, 0.2) is 89.6 Å². The molecule has 0 spiro atoms. The van der Waals surface area contributed by atoms with E-state index >= 15 is 0 Å². The van der Waals surface area contributed by atoms with Gasteiger partial charge in [-0.3, -0.25) is 0 Å². The smallest absolute Gasteiger partial charge is 0.147 e. The van der Waals surface area contributed by atoms with E-state index in [0.717, 1.165) is 17.9 Å². The minimum Gasteiger partial charge on any atom is -0.381 e. The summed E-state index contributed by atoms with van der Waals surface area (Å²) in [6.45, 7) is 4.69. The van der Waals surface area contributed by atoms with Crippen LogP contribution in [0.2, 0.25) is 0 Å². The number of rotatable bonds is 8. The highest BCUT2D eigenvalue weighted by molar-refractivity contribution is 5.50. The van der Waals surface area contributed by atoms with Crippen molar-refractivity contribution in [1.29, 1.82) is 0 Å². The molecule has 0 aliphatic rings. The molecule has 2 aromatic carbocycles. The first-order chi connectivity index (χ1) is 11.7. The molecule has 5 heteroatoms. The average molecular weight is 322 g/mol. The number of azo groups is 1. The van der Waals surface area contributed by atoms with E-state index in [4.69, 9.17) is 0 Å². The average Bonchev–Trinajstić information content (AvgIpc) is 2.64. The van der Waals surface area contributed by atoms with Crippen LogP contribution in [-0.2, 0) is 6.54 Å². The predicted molar refractivity (Wildman–Crippen MR) is 98.6 cm³/mol. The number of benzene rings is 2. The van der Waals surface area contributed by atoms with Crippen molar-refractivity contribution < 1.29 is 5.32 Å². The summed E-state index contributed by atoms with van der Waals surface area (Å²) in [5.41, 5.74) is 3.09. The molecular weight excluding hydrogens is 298 g/mol. The van der Waals surface area contributed by atoms with E-state index in [1.807, 2.05) is 79.2 Å². The van der Waals surface area contributed by atoms with Gasteiger partial charge in [-0.2, -0.15) is 0 Å². The van der Waals surface area contributed by atoms with Gasteiger partial charge < -0.3 is 15.5 Å². The summed E-state index contributed by atoms with van der Waals surface area (Å²) >= 11 is 0. The normalized spacial score (nSPS) is 11.1. The van der Waals surface area contributed by atoms with Crippen LogP contribution in [0, 0.1) is 0 Å². The van der Waals surface area contributed by atoms with Crippen molar-refractivity contribution in [3.05, 3.63) is 85.0 Å². The maximum absolute atomic E-state index is 4.21. The highest BCUT2D eigenvalue weighted by Gasteiger charge is 1.98. The van der Waals surface area contributed by atoms with Gasteiger partial charge in [-0.15, -0.1) is 10.2 Å². The fraction of sp³-hybridized carbons (Fsp3) is 0.158. The summed E-state index contributed by atoms with van der Waals surface area (Å²) in [6.07, 6.45) is 3.81.